The summed E-state index contributed by atoms with van der Waals surface area (Å²) >= 11 is 0. The Morgan fingerprint density at radius 1 is 0.789 bits per heavy atom. The lowest BCUT2D eigenvalue weighted by atomic mass is 9.70. The predicted molar refractivity (Wildman–Crippen MR) is 82.3 cm³/mol. The minimum atomic E-state index is 0.585. The van der Waals surface area contributed by atoms with Gasteiger partial charge in [0.25, 0.3) is 0 Å². The summed E-state index contributed by atoms with van der Waals surface area (Å²) in [6.45, 7) is 5.35. The van der Waals surface area contributed by atoms with Gasteiger partial charge in [0.1, 0.15) is 0 Å². The van der Waals surface area contributed by atoms with Gasteiger partial charge in [0.15, 0.2) is 0 Å². The van der Waals surface area contributed by atoms with Gasteiger partial charge in [0.05, 0.1) is 6.10 Å². The molecule has 0 N–H and O–H groups in total. The third-order valence-corrected chi connectivity index (χ3v) is 5.65. The highest BCUT2D eigenvalue weighted by Crippen LogP contribution is 2.41. The predicted octanol–water partition coefficient (Wildman–Crippen LogP) is 5.58. The van der Waals surface area contributed by atoms with Crippen molar-refractivity contribution in [3.8, 4) is 0 Å². The van der Waals surface area contributed by atoms with Crippen molar-refractivity contribution in [3.05, 3.63) is 0 Å². The Balaban J connectivity index is 1.65. The highest BCUT2D eigenvalue weighted by molar-refractivity contribution is 4.82. The molecule has 0 spiro atoms. The maximum absolute atomic E-state index is 5.78. The molecular formula is C18H34O. The van der Waals surface area contributed by atoms with E-state index in [4.69, 9.17) is 4.74 Å². The van der Waals surface area contributed by atoms with E-state index in [1.54, 1.807) is 0 Å². The molecule has 0 aromatic rings. The van der Waals surface area contributed by atoms with E-state index in [0.29, 0.717) is 6.10 Å². The van der Waals surface area contributed by atoms with E-state index in [9.17, 15) is 0 Å². The van der Waals surface area contributed by atoms with Crippen LogP contribution < -0.4 is 0 Å². The Kier molecular flexibility index (Phi) is 6.70. The lowest BCUT2D eigenvalue weighted by Gasteiger charge is -2.37. The van der Waals surface area contributed by atoms with Crippen molar-refractivity contribution < 1.29 is 4.74 Å². The first-order valence-electron chi connectivity index (χ1n) is 8.95. The zero-order chi connectivity index (χ0) is 13.5. The van der Waals surface area contributed by atoms with Gasteiger partial charge in [-0.25, -0.2) is 0 Å². The van der Waals surface area contributed by atoms with Crippen LogP contribution in [0.4, 0.5) is 0 Å². The molecule has 2 saturated carbocycles. The molecule has 2 aliphatic rings. The molecule has 2 rings (SSSR count). The molecular weight excluding hydrogens is 232 g/mol. The molecule has 1 nitrogen and oxygen atoms in total. The van der Waals surface area contributed by atoms with Gasteiger partial charge < -0.3 is 4.74 Å². The number of ether oxygens (including phenoxy) is 1. The fourth-order valence-corrected chi connectivity index (χ4v) is 4.40. The Morgan fingerprint density at radius 2 is 1.37 bits per heavy atom. The van der Waals surface area contributed by atoms with E-state index in [-0.39, 0.29) is 0 Å². The molecule has 2 aliphatic carbocycles. The van der Waals surface area contributed by atoms with Crippen LogP contribution in [0.15, 0.2) is 0 Å². The van der Waals surface area contributed by atoms with Gasteiger partial charge in [0, 0.05) is 6.61 Å². The Bertz CT molecular complexity index is 222. The van der Waals surface area contributed by atoms with Crippen LogP contribution in [0.1, 0.15) is 84.5 Å². The molecule has 0 aromatic carbocycles. The second-order valence-corrected chi connectivity index (χ2v) is 6.92. The van der Waals surface area contributed by atoms with Crippen LogP contribution in [0.25, 0.3) is 0 Å². The standard InChI is InChI=1S/C18H34O/c1-3-5-6-15-7-9-16(10-8-15)17-11-13-18(14-12-17)19-4-2/h15-18H,3-14H2,1-2H3/t15?,16?,17-,18-. The van der Waals surface area contributed by atoms with E-state index in [2.05, 4.69) is 13.8 Å². The minimum absolute atomic E-state index is 0.585. The molecule has 0 atom stereocenters. The van der Waals surface area contributed by atoms with Crippen LogP contribution in [-0.2, 0) is 4.74 Å². The maximum atomic E-state index is 5.78. The molecule has 0 heterocycles. The second kappa shape index (κ2) is 8.29. The quantitative estimate of drug-likeness (QED) is 0.610. The van der Waals surface area contributed by atoms with Crippen LogP contribution in [0.3, 0.4) is 0 Å². The fourth-order valence-electron chi connectivity index (χ4n) is 4.40. The molecule has 0 aromatic heterocycles. The third-order valence-electron chi connectivity index (χ3n) is 5.65. The van der Waals surface area contributed by atoms with E-state index in [1.807, 2.05) is 0 Å². The zero-order valence-electron chi connectivity index (χ0n) is 13.2. The van der Waals surface area contributed by atoms with Crippen molar-refractivity contribution in [3.63, 3.8) is 0 Å². The Morgan fingerprint density at radius 3 is 1.89 bits per heavy atom. The summed E-state index contributed by atoms with van der Waals surface area (Å²) < 4.78 is 5.78. The molecule has 0 bridgehead atoms. The summed E-state index contributed by atoms with van der Waals surface area (Å²) in [6, 6.07) is 0. The van der Waals surface area contributed by atoms with Gasteiger partial charge in [0.2, 0.25) is 0 Å². The van der Waals surface area contributed by atoms with Crippen molar-refractivity contribution in [2.75, 3.05) is 6.61 Å². The summed E-state index contributed by atoms with van der Waals surface area (Å²) in [5.74, 6) is 3.15. The Labute approximate surface area is 120 Å². The van der Waals surface area contributed by atoms with E-state index in [1.165, 1.54) is 70.6 Å². The number of rotatable bonds is 6. The summed E-state index contributed by atoms with van der Waals surface area (Å²) in [6.07, 6.45) is 16.5. The van der Waals surface area contributed by atoms with Gasteiger partial charge in [-0.3, -0.25) is 0 Å². The van der Waals surface area contributed by atoms with Gasteiger partial charge in [-0.1, -0.05) is 39.0 Å². The average molecular weight is 266 g/mol. The SMILES string of the molecule is CCCCC1CCC([C@H]2CC[C@H](OCC)CC2)CC1. The molecule has 0 amide bonds. The summed E-state index contributed by atoms with van der Waals surface area (Å²) in [5.41, 5.74) is 0. The summed E-state index contributed by atoms with van der Waals surface area (Å²) in [5, 5.41) is 0. The topological polar surface area (TPSA) is 9.23 Å². The molecule has 112 valence electrons. The minimum Gasteiger partial charge on any atom is -0.379 e. The van der Waals surface area contributed by atoms with Gasteiger partial charge in [-0.2, -0.15) is 0 Å². The van der Waals surface area contributed by atoms with E-state index in [0.717, 1.165) is 24.4 Å². The number of hydrogen-bond acceptors (Lipinski definition) is 1. The smallest absolute Gasteiger partial charge is 0.0575 e. The highest BCUT2D eigenvalue weighted by Gasteiger charge is 2.30. The van der Waals surface area contributed by atoms with Crippen molar-refractivity contribution >= 4 is 0 Å². The molecule has 0 unspecified atom stereocenters. The molecule has 1 heteroatoms. The first-order valence-corrected chi connectivity index (χ1v) is 8.95. The zero-order valence-corrected chi connectivity index (χ0v) is 13.2. The molecule has 0 saturated heterocycles. The van der Waals surface area contributed by atoms with Gasteiger partial charge in [-0.05, 0) is 63.2 Å². The normalized spacial score (nSPS) is 36.3. The molecule has 2 fully saturated rings. The first kappa shape index (κ1) is 15.4. The van der Waals surface area contributed by atoms with E-state index >= 15 is 0 Å². The monoisotopic (exact) mass is 266 g/mol. The van der Waals surface area contributed by atoms with Gasteiger partial charge >= 0.3 is 0 Å². The Hall–Kier alpha value is -0.0400. The lowest BCUT2D eigenvalue weighted by Crippen LogP contribution is -2.28. The molecule has 0 radical (unpaired) electrons. The van der Waals surface area contributed by atoms with Crippen LogP contribution in [0.2, 0.25) is 0 Å². The second-order valence-electron chi connectivity index (χ2n) is 6.92. The van der Waals surface area contributed by atoms with Crippen LogP contribution in [0.5, 0.6) is 0 Å². The van der Waals surface area contributed by atoms with Gasteiger partial charge in [-0.15, -0.1) is 0 Å². The number of hydrogen-bond donors (Lipinski definition) is 0. The van der Waals surface area contributed by atoms with E-state index < -0.39 is 0 Å². The van der Waals surface area contributed by atoms with Crippen molar-refractivity contribution in [2.45, 2.75) is 90.6 Å². The molecule has 19 heavy (non-hydrogen) atoms. The lowest BCUT2D eigenvalue weighted by molar-refractivity contribution is 0.0134. The largest absolute Gasteiger partial charge is 0.379 e. The van der Waals surface area contributed by atoms with Crippen LogP contribution in [-0.4, -0.2) is 12.7 Å². The summed E-state index contributed by atoms with van der Waals surface area (Å²) in [7, 11) is 0. The van der Waals surface area contributed by atoms with Crippen LogP contribution in [0, 0.1) is 17.8 Å². The summed E-state index contributed by atoms with van der Waals surface area (Å²) in [4.78, 5) is 0. The average Bonchev–Trinajstić information content (AvgIpc) is 2.47. The third kappa shape index (κ3) is 4.77. The van der Waals surface area contributed by atoms with Crippen molar-refractivity contribution in [1.29, 1.82) is 0 Å². The van der Waals surface area contributed by atoms with Crippen molar-refractivity contribution in [2.24, 2.45) is 17.8 Å². The van der Waals surface area contributed by atoms with Crippen molar-refractivity contribution in [1.82, 2.24) is 0 Å². The maximum Gasteiger partial charge on any atom is 0.0575 e. The highest BCUT2D eigenvalue weighted by atomic mass is 16.5. The first-order chi connectivity index (χ1) is 9.33. The fraction of sp³-hybridized carbons (Fsp3) is 1.00. The molecule has 0 aliphatic heterocycles. The van der Waals surface area contributed by atoms with Crippen LogP contribution >= 0.6 is 0 Å². The number of unbranched alkanes of at least 4 members (excludes halogenated alkanes) is 1.